The average molecular weight is 446 g/mol. The predicted molar refractivity (Wildman–Crippen MR) is 125 cm³/mol. The van der Waals surface area contributed by atoms with Gasteiger partial charge in [-0.25, -0.2) is 0 Å². The monoisotopic (exact) mass is 445 g/mol. The third kappa shape index (κ3) is 24.5. The minimum atomic E-state index is -0.984. The molecule has 0 rings (SSSR count). The maximum absolute atomic E-state index is 11.4. The van der Waals surface area contributed by atoms with Gasteiger partial charge in [-0.15, -0.1) is 0 Å². The van der Waals surface area contributed by atoms with E-state index in [1.807, 2.05) is 0 Å². The molecule has 0 heterocycles. The highest BCUT2D eigenvalue weighted by Gasteiger charge is 2.13. The van der Waals surface area contributed by atoms with Crippen molar-refractivity contribution in [1.82, 2.24) is 5.32 Å². The van der Waals surface area contributed by atoms with Gasteiger partial charge >= 0.3 is 11.9 Å². The van der Waals surface area contributed by atoms with Crippen molar-refractivity contribution >= 4 is 17.8 Å². The lowest BCUT2D eigenvalue weighted by molar-refractivity contribution is -0.141. The quantitative estimate of drug-likeness (QED) is 0.189. The Bertz CT molecular complexity index is 460. The first-order chi connectivity index (χ1) is 14.8. The number of carboxylic acids is 2. The first-order valence-electron chi connectivity index (χ1n) is 12.0. The summed E-state index contributed by atoms with van der Waals surface area (Å²) in [6.45, 7) is 4.33. The van der Waals surface area contributed by atoms with Gasteiger partial charge in [-0.1, -0.05) is 77.6 Å². The summed E-state index contributed by atoms with van der Waals surface area (Å²) in [5.74, 6) is -2.07. The van der Waals surface area contributed by atoms with Gasteiger partial charge in [0.1, 0.15) is 12.1 Å². The zero-order valence-electron chi connectivity index (χ0n) is 19.7. The van der Waals surface area contributed by atoms with E-state index in [-0.39, 0.29) is 5.91 Å². The highest BCUT2D eigenvalue weighted by molar-refractivity contribution is 5.83. The zero-order valence-corrected chi connectivity index (χ0v) is 19.7. The number of unbranched alkanes of at least 4 members (excludes halogenated alkanes) is 11. The molecule has 7 N–H and O–H groups in total. The average Bonchev–Trinajstić information content (AvgIpc) is 2.72. The van der Waals surface area contributed by atoms with Gasteiger partial charge in [0.25, 0.3) is 0 Å². The molecule has 0 spiro atoms. The molecular weight excluding hydrogens is 398 g/mol. The van der Waals surface area contributed by atoms with Crippen LogP contribution in [0.1, 0.15) is 110 Å². The highest BCUT2D eigenvalue weighted by atomic mass is 16.4. The van der Waals surface area contributed by atoms with Gasteiger partial charge in [0.2, 0.25) is 5.91 Å². The molecule has 0 aliphatic carbocycles. The van der Waals surface area contributed by atoms with Crippen LogP contribution in [0.3, 0.4) is 0 Å². The fourth-order valence-electron chi connectivity index (χ4n) is 2.96. The number of nitrogens with two attached hydrogens (primary N) is 2. The van der Waals surface area contributed by atoms with Crippen molar-refractivity contribution in [3.63, 3.8) is 0 Å². The van der Waals surface area contributed by atoms with Gasteiger partial charge in [0.05, 0.1) is 0 Å². The zero-order chi connectivity index (χ0) is 23.9. The molecule has 31 heavy (non-hydrogen) atoms. The van der Waals surface area contributed by atoms with E-state index in [1.54, 1.807) is 0 Å². The van der Waals surface area contributed by atoms with Gasteiger partial charge in [0, 0.05) is 6.42 Å². The van der Waals surface area contributed by atoms with Crippen LogP contribution in [0.15, 0.2) is 0 Å². The van der Waals surface area contributed by atoms with Gasteiger partial charge in [-0.05, 0) is 32.7 Å². The Morgan fingerprint density at radius 1 is 0.774 bits per heavy atom. The third-order valence-electron chi connectivity index (χ3n) is 5.04. The largest absolute Gasteiger partial charge is 0.480 e. The molecule has 0 aromatic carbocycles. The smallest absolute Gasteiger partial charge is 0.325 e. The summed E-state index contributed by atoms with van der Waals surface area (Å²) < 4.78 is 0. The van der Waals surface area contributed by atoms with E-state index in [0.717, 1.165) is 25.7 Å². The van der Waals surface area contributed by atoms with Crippen LogP contribution in [-0.2, 0) is 14.4 Å². The van der Waals surface area contributed by atoms with Crippen molar-refractivity contribution in [2.75, 3.05) is 6.54 Å². The number of hydrogen-bond donors (Lipinski definition) is 5. The second-order valence-electron chi connectivity index (χ2n) is 8.14. The van der Waals surface area contributed by atoms with Crippen LogP contribution in [0.4, 0.5) is 0 Å². The minimum Gasteiger partial charge on any atom is -0.480 e. The standard InChI is InChI=1S/C17H33NO3.C6H14N2O2/c1-3-4-5-6-7-8-9-10-11-12-13-14-16(19)18-15(2)17(20)21;7-4-2-1-3-5(8)6(9)10/h15H,3-14H2,1-2H3,(H,18,19)(H,20,21);5H,1-4,7-8H2,(H,9,10)/t15-;5-/m00/s1. The molecule has 0 bridgehead atoms. The Balaban J connectivity index is 0. The summed E-state index contributed by atoms with van der Waals surface area (Å²) in [7, 11) is 0. The Morgan fingerprint density at radius 2 is 1.26 bits per heavy atom. The lowest BCUT2D eigenvalue weighted by atomic mass is 10.1. The van der Waals surface area contributed by atoms with Crippen LogP contribution in [0.25, 0.3) is 0 Å². The van der Waals surface area contributed by atoms with Crippen LogP contribution in [0.5, 0.6) is 0 Å². The minimum absolute atomic E-state index is 0.152. The normalized spacial score (nSPS) is 12.4. The second-order valence-corrected chi connectivity index (χ2v) is 8.14. The number of nitrogens with one attached hydrogen (secondary N) is 1. The SMILES string of the molecule is CCCCCCCCCCCCCC(=O)N[C@@H](C)C(=O)O.NCCCC[C@H](N)C(=O)O. The fourth-order valence-corrected chi connectivity index (χ4v) is 2.96. The predicted octanol–water partition coefficient (Wildman–Crippen LogP) is 3.80. The van der Waals surface area contributed by atoms with Crippen molar-refractivity contribution in [3.8, 4) is 0 Å². The van der Waals surface area contributed by atoms with Crippen molar-refractivity contribution in [1.29, 1.82) is 0 Å². The molecule has 0 saturated carbocycles. The molecular formula is C23H47N3O5. The maximum atomic E-state index is 11.4. The molecule has 0 aromatic heterocycles. The van der Waals surface area contributed by atoms with E-state index in [2.05, 4.69) is 12.2 Å². The number of rotatable bonds is 19. The number of carbonyl (C=O) groups excluding carboxylic acids is 1. The van der Waals surface area contributed by atoms with E-state index >= 15 is 0 Å². The molecule has 0 fully saturated rings. The number of carbonyl (C=O) groups is 3. The first-order valence-corrected chi connectivity index (χ1v) is 12.0. The van der Waals surface area contributed by atoms with Crippen LogP contribution in [0, 0.1) is 0 Å². The van der Waals surface area contributed by atoms with Crippen LogP contribution in [-0.4, -0.2) is 46.7 Å². The lowest BCUT2D eigenvalue weighted by Crippen LogP contribution is -2.38. The van der Waals surface area contributed by atoms with Gasteiger partial charge in [0.15, 0.2) is 0 Å². The van der Waals surface area contributed by atoms with Gasteiger partial charge in [-0.2, -0.15) is 0 Å². The second kappa shape index (κ2) is 23.0. The molecule has 0 aliphatic rings. The van der Waals surface area contributed by atoms with E-state index in [4.69, 9.17) is 21.7 Å². The van der Waals surface area contributed by atoms with Crippen molar-refractivity contribution < 1.29 is 24.6 Å². The molecule has 0 saturated heterocycles. The van der Waals surface area contributed by atoms with E-state index < -0.39 is 24.0 Å². The van der Waals surface area contributed by atoms with Crippen molar-refractivity contribution in [3.05, 3.63) is 0 Å². The maximum Gasteiger partial charge on any atom is 0.325 e. The summed E-state index contributed by atoms with van der Waals surface area (Å²) in [6, 6.07) is -1.50. The number of hydrogen-bond acceptors (Lipinski definition) is 5. The molecule has 0 aromatic rings. The molecule has 8 nitrogen and oxygen atoms in total. The Morgan fingerprint density at radius 3 is 1.68 bits per heavy atom. The molecule has 2 atom stereocenters. The summed E-state index contributed by atoms with van der Waals surface area (Å²) >= 11 is 0. The molecule has 0 aliphatic heterocycles. The summed E-state index contributed by atoms with van der Waals surface area (Å²) in [4.78, 5) is 32.2. The Labute approximate surface area is 188 Å². The fraction of sp³-hybridized carbons (Fsp3) is 0.870. The van der Waals surface area contributed by atoms with Crippen molar-refractivity contribution in [2.24, 2.45) is 11.5 Å². The van der Waals surface area contributed by atoms with E-state index in [1.165, 1.54) is 64.7 Å². The topological polar surface area (TPSA) is 156 Å². The lowest BCUT2D eigenvalue weighted by Gasteiger charge is -2.08. The van der Waals surface area contributed by atoms with E-state index in [9.17, 15) is 14.4 Å². The molecule has 1 amide bonds. The number of aliphatic carboxylic acids is 2. The summed E-state index contributed by atoms with van der Waals surface area (Å²) in [5.41, 5.74) is 10.4. The molecule has 0 radical (unpaired) electrons. The van der Waals surface area contributed by atoms with E-state index in [0.29, 0.717) is 19.4 Å². The first kappa shape index (κ1) is 31.5. The summed E-state index contributed by atoms with van der Waals surface area (Å²) in [6.07, 6.45) is 16.4. The van der Waals surface area contributed by atoms with Gasteiger partial charge < -0.3 is 27.0 Å². The van der Waals surface area contributed by atoms with Gasteiger partial charge in [-0.3, -0.25) is 14.4 Å². The van der Waals surface area contributed by atoms with Crippen LogP contribution in [0.2, 0.25) is 0 Å². The number of amides is 1. The highest BCUT2D eigenvalue weighted by Crippen LogP contribution is 2.11. The Hall–Kier alpha value is -1.67. The molecule has 184 valence electrons. The molecule has 0 unspecified atom stereocenters. The molecule has 8 heteroatoms. The van der Waals surface area contributed by atoms with Crippen LogP contribution >= 0.6 is 0 Å². The summed E-state index contributed by atoms with van der Waals surface area (Å²) in [5, 5.41) is 19.5. The number of carboxylic acid groups (broad SMARTS) is 2. The Kier molecular flexibility index (Phi) is 23.4. The van der Waals surface area contributed by atoms with Crippen LogP contribution < -0.4 is 16.8 Å². The van der Waals surface area contributed by atoms with Crippen molar-refractivity contribution in [2.45, 2.75) is 122 Å². The third-order valence-corrected chi connectivity index (χ3v) is 5.04.